The molecule has 0 aromatic heterocycles. The van der Waals surface area contributed by atoms with Gasteiger partial charge in [0.15, 0.2) is 11.9 Å². The molecule has 0 saturated heterocycles. The average Bonchev–Trinajstić information content (AvgIpc) is 2.72. The lowest BCUT2D eigenvalue weighted by Gasteiger charge is -2.35. The number of amides is 2. The van der Waals surface area contributed by atoms with E-state index in [1.807, 2.05) is 30.0 Å². The van der Waals surface area contributed by atoms with E-state index < -0.39 is 6.10 Å². The molecule has 152 valence electrons. The summed E-state index contributed by atoms with van der Waals surface area (Å²) in [4.78, 5) is 38.4. The number of fused-ring (bicyclic) bond motifs is 1. The predicted molar refractivity (Wildman–Crippen MR) is 111 cm³/mol. The standard InChI is InChI=1S/C22H25N3O4/c1-3-11-23-22(28)20-13-25(18-9-4-5-10-19(18)29-20)14-21(27)24-17-8-6-7-16(12-17)15(2)26/h4-10,12,20H,3,11,13-14H2,1-2H3,(H,23,28)(H,24,27)/t20-/m0/s1. The number of para-hydroxylation sites is 2. The molecule has 0 fully saturated rings. The van der Waals surface area contributed by atoms with Gasteiger partial charge in [0.25, 0.3) is 5.91 Å². The Balaban J connectivity index is 1.72. The van der Waals surface area contributed by atoms with Crippen molar-refractivity contribution in [2.45, 2.75) is 26.4 Å². The van der Waals surface area contributed by atoms with Gasteiger partial charge in [0, 0.05) is 17.8 Å². The van der Waals surface area contributed by atoms with E-state index in [0.29, 0.717) is 23.5 Å². The van der Waals surface area contributed by atoms with Gasteiger partial charge in [-0.1, -0.05) is 31.2 Å². The zero-order chi connectivity index (χ0) is 20.8. The van der Waals surface area contributed by atoms with Gasteiger partial charge in [-0.15, -0.1) is 0 Å². The van der Waals surface area contributed by atoms with Gasteiger partial charge in [0.2, 0.25) is 5.91 Å². The fourth-order valence-corrected chi connectivity index (χ4v) is 3.15. The van der Waals surface area contributed by atoms with Gasteiger partial charge >= 0.3 is 0 Å². The van der Waals surface area contributed by atoms with Crippen LogP contribution >= 0.6 is 0 Å². The Morgan fingerprint density at radius 2 is 1.93 bits per heavy atom. The van der Waals surface area contributed by atoms with E-state index in [0.717, 1.165) is 12.1 Å². The highest BCUT2D eigenvalue weighted by Crippen LogP contribution is 2.33. The van der Waals surface area contributed by atoms with Crippen molar-refractivity contribution in [3.8, 4) is 5.75 Å². The molecule has 0 aliphatic carbocycles. The summed E-state index contributed by atoms with van der Waals surface area (Å²) in [5, 5.41) is 5.66. The van der Waals surface area contributed by atoms with E-state index in [1.54, 1.807) is 30.3 Å². The maximum atomic E-state index is 12.6. The molecule has 0 bridgehead atoms. The van der Waals surface area contributed by atoms with Crippen LogP contribution in [0.1, 0.15) is 30.6 Å². The number of rotatable bonds is 7. The van der Waals surface area contributed by atoms with Crippen LogP contribution in [0.2, 0.25) is 0 Å². The number of nitrogens with one attached hydrogen (secondary N) is 2. The summed E-state index contributed by atoms with van der Waals surface area (Å²) in [5.74, 6) is 0.0713. The molecule has 29 heavy (non-hydrogen) atoms. The van der Waals surface area contributed by atoms with Crippen LogP contribution in [-0.2, 0) is 9.59 Å². The highest BCUT2D eigenvalue weighted by Gasteiger charge is 2.31. The number of anilines is 2. The first-order valence-corrected chi connectivity index (χ1v) is 9.67. The number of hydrogen-bond donors (Lipinski definition) is 2. The van der Waals surface area contributed by atoms with Gasteiger partial charge in [-0.25, -0.2) is 0 Å². The second-order valence-corrected chi connectivity index (χ2v) is 6.93. The minimum Gasteiger partial charge on any atom is -0.477 e. The van der Waals surface area contributed by atoms with E-state index >= 15 is 0 Å². The molecule has 7 nitrogen and oxygen atoms in total. The van der Waals surface area contributed by atoms with Gasteiger partial charge in [-0.3, -0.25) is 14.4 Å². The summed E-state index contributed by atoms with van der Waals surface area (Å²) < 4.78 is 5.84. The van der Waals surface area contributed by atoms with Crippen molar-refractivity contribution in [1.82, 2.24) is 5.32 Å². The number of benzene rings is 2. The fraction of sp³-hybridized carbons (Fsp3) is 0.318. The summed E-state index contributed by atoms with van der Waals surface area (Å²) in [6.07, 6.45) is 0.144. The number of hydrogen-bond acceptors (Lipinski definition) is 5. The quantitative estimate of drug-likeness (QED) is 0.704. The monoisotopic (exact) mass is 395 g/mol. The number of carbonyl (C=O) groups is 3. The van der Waals surface area contributed by atoms with Crippen LogP contribution in [0.25, 0.3) is 0 Å². The Labute approximate surface area is 170 Å². The summed E-state index contributed by atoms with van der Waals surface area (Å²) in [5.41, 5.74) is 1.85. The normalized spacial score (nSPS) is 15.1. The Morgan fingerprint density at radius 1 is 1.14 bits per heavy atom. The fourth-order valence-electron chi connectivity index (χ4n) is 3.15. The molecule has 1 aliphatic rings. The summed E-state index contributed by atoms with van der Waals surface area (Å²) in [6, 6.07) is 14.2. The van der Waals surface area contributed by atoms with Gasteiger partial charge in [-0.2, -0.15) is 0 Å². The van der Waals surface area contributed by atoms with Gasteiger partial charge in [0.05, 0.1) is 18.8 Å². The number of Topliss-reactive ketones (excluding diaryl/α,β-unsaturated/α-hetero) is 1. The number of carbonyl (C=O) groups excluding carboxylic acids is 3. The lowest BCUT2D eigenvalue weighted by atomic mass is 10.1. The number of ketones is 1. The van der Waals surface area contributed by atoms with Crippen molar-refractivity contribution in [3.63, 3.8) is 0 Å². The molecule has 0 saturated carbocycles. The first-order valence-electron chi connectivity index (χ1n) is 9.67. The molecular weight excluding hydrogens is 370 g/mol. The Morgan fingerprint density at radius 3 is 2.69 bits per heavy atom. The third-order valence-electron chi connectivity index (χ3n) is 4.59. The molecule has 2 amide bonds. The van der Waals surface area contributed by atoms with Crippen molar-refractivity contribution >= 4 is 29.0 Å². The first kappa shape index (κ1) is 20.4. The van der Waals surface area contributed by atoms with E-state index in [2.05, 4.69) is 10.6 Å². The van der Waals surface area contributed by atoms with Crippen LogP contribution in [0.5, 0.6) is 5.75 Å². The highest BCUT2D eigenvalue weighted by atomic mass is 16.5. The molecule has 0 radical (unpaired) electrons. The summed E-state index contributed by atoms with van der Waals surface area (Å²) >= 11 is 0. The van der Waals surface area contributed by atoms with Crippen molar-refractivity contribution in [2.24, 2.45) is 0 Å². The van der Waals surface area contributed by atoms with Crippen molar-refractivity contribution in [3.05, 3.63) is 54.1 Å². The van der Waals surface area contributed by atoms with Crippen LogP contribution in [0, 0.1) is 0 Å². The zero-order valence-electron chi connectivity index (χ0n) is 16.6. The molecule has 1 atom stereocenters. The molecule has 1 heterocycles. The maximum Gasteiger partial charge on any atom is 0.262 e. The second kappa shape index (κ2) is 9.23. The smallest absolute Gasteiger partial charge is 0.262 e. The minimum atomic E-state index is -0.690. The van der Waals surface area contributed by atoms with Crippen molar-refractivity contribution in [1.29, 1.82) is 0 Å². The Kier molecular flexibility index (Phi) is 6.49. The van der Waals surface area contributed by atoms with Gasteiger partial charge in [0.1, 0.15) is 5.75 Å². The van der Waals surface area contributed by atoms with Crippen LogP contribution in [0.3, 0.4) is 0 Å². The number of ether oxygens (including phenoxy) is 1. The van der Waals surface area contributed by atoms with Crippen molar-refractivity contribution < 1.29 is 19.1 Å². The lowest BCUT2D eigenvalue weighted by molar-refractivity contribution is -0.128. The minimum absolute atomic E-state index is 0.0578. The maximum absolute atomic E-state index is 12.6. The van der Waals surface area contributed by atoms with Crippen LogP contribution in [0.4, 0.5) is 11.4 Å². The van der Waals surface area contributed by atoms with E-state index in [9.17, 15) is 14.4 Å². The predicted octanol–water partition coefficient (Wildman–Crippen LogP) is 2.62. The average molecular weight is 395 g/mol. The molecule has 2 N–H and O–H groups in total. The van der Waals surface area contributed by atoms with Crippen molar-refractivity contribution in [2.75, 3.05) is 29.9 Å². The van der Waals surface area contributed by atoms with E-state index in [-0.39, 0.29) is 30.7 Å². The molecule has 2 aromatic carbocycles. The topological polar surface area (TPSA) is 87.7 Å². The summed E-state index contributed by atoms with van der Waals surface area (Å²) in [6.45, 7) is 4.37. The van der Waals surface area contributed by atoms with Gasteiger partial charge in [-0.05, 0) is 37.6 Å². The Bertz CT molecular complexity index is 912. The molecule has 2 aromatic rings. The zero-order valence-corrected chi connectivity index (χ0v) is 16.6. The molecule has 7 heteroatoms. The van der Waals surface area contributed by atoms with Crippen LogP contribution in [-0.4, -0.2) is 43.3 Å². The molecule has 0 spiro atoms. The van der Waals surface area contributed by atoms with E-state index in [1.165, 1.54) is 6.92 Å². The van der Waals surface area contributed by atoms with Gasteiger partial charge < -0.3 is 20.3 Å². The number of nitrogens with zero attached hydrogens (tertiary/aromatic N) is 1. The third kappa shape index (κ3) is 5.13. The molecule has 0 unspecified atom stereocenters. The van der Waals surface area contributed by atoms with Crippen LogP contribution in [0.15, 0.2) is 48.5 Å². The van der Waals surface area contributed by atoms with E-state index in [4.69, 9.17) is 4.74 Å². The SMILES string of the molecule is CCCNC(=O)[C@@H]1CN(CC(=O)Nc2cccc(C(C)=O)c2)c2ccccc2O1. The Hall–Kier alpha value is -3.35. The first-order chi connectivity index (χ1) is 14.0. The third-order valence-corrected chi connectivity index (χ3v) is 4.59. The highest BCUT2D eigenvalue weighted by molar-refractivity contribution is 5.98. The lowest BCUT2D eigenvalue weighted by Crippen LogP contribution is -2.50. The molecule has 3 rings (SSSR count). The molecule has 1 aliphatic heterocycles. The van der Waals surface area contributed by atoms with Crippen LogP contribution < -0.4 is 20.3 Å². The summed E-state index contributed by atoms with van der Waals surface area (Å²) in [7, 11) is 0. The second-order valence-electron chi connectivity index (χ2n) is 6.93. The largest absolute Gasteiger partial charge is 0.477 e. The molecular formula is C22H25N3O4.